The number of hydrogen-bond donors (Lipinski definition) is 1. The summed E-state index contributed by atoms with van der Waals surface area (Å²) in [6.45, 7) is 4.15. The molecule has 1 aromatic rings. The molecule has 26 heavy (non-hydrogen) atoms. The average molecular weight is 401 g/mol. The van der Waals surface area contributed by atoms with Crippen molar-refractivity contribution in [1.29, 1.82) is 0 Å². The van der Waals surface area contributed by atoms with Crippen molar-refractivity contribution < 1.29 is 17.9 Å². The van der Waals surface area contributed by atoms with Gasteiger partial charge in [-0.25, -0.2) is 8.42 Å². The van der Waals surface area contributed by atoms with Crippen LogP contribution in [0.4, 0.5) is 0 Å². The summed E-state index contributed by atoms with van der Waals surface area (Å²) in [5, 5.41) is 2.95. The topological polar surface area (TPSA) is 75.7 Å². The molecule has 1 aromatic carbocycles. The normalized spacial score (nSPS) is 24.5. The zero-order valence-electron chi connectivity index (χ0n) is 14.9. The second-order valence-electron chi connectivity index (χ2n) is 7.10. The van der Waals surface area contributed by atoms with Gasteiger partial charge in [0.15, 0.2) is 0 Å². The molecule has 2 saturated heterocycles. The second-order valence-corrected chi connectivity index (χ2v) is 9.41. The first-order valence-electron chi connectivity index (χ1n) is 9.07. The number of rotatable bonds is 5. The molecule has 1 N–H and O–H groups in total. The lowest BCUT2D eigenvalue weighted by Gasteiger charge is -2.30. The van der Waals surface area contributed by atoms with E-state index in [0.29, 0.717) is 25.6 Å². The van der Waals surface area contributed by atoms with Crippen molar-refractivity contribution in [3.8, 4) is 0 Å². The number of carbonyl (C=O) groups excluding carboxylic acids is 1. The maximum Gasteiger partial charge on any atom is 0.251 e. The fraction of sp³-hybridized carbons (Fsp3) is 0.611. The Balaban J connectivity index is 1.77. The highest BCUT2D eigenvalue weighted by Gasteiger charge is 2.31. The molecule has 0 bridgehead atoms. The highest BCUT2D eigenvalue weighted by molar-refractivity contribution is 7.89. The van der Waals surface area contributed by atoms with E-state index in [1.165, 1.54) is 16.4 Å². The van der Waals surface area contributed by atoms with E-state index in [1.54, 1.807) is 6.07 Å². The minimum atomic E-state index is -3.72. The van der Waals surface area contributed by atoms with E-state index in [4.69, 9.17) is 16.3 Å². The Kier molecular flexibility index (Phi) is 6.22. The van der Waals surface area contributed by atoms with Gasteiger partial charge in [0.25, 0.3) is 5.91 Å². The lowest BCUT2D eigenvalue weighted by atomic mass is 10.0. The summed E-state index contributed by atoms with van der Waals surface area (Å²) < 4.78 is 32.9. The second kappa shape index (κ2) is 8.25. The lowest BCUT2D eigenvalue weighted by Crippen LogP contribution is -2.39. The van der Waals surface area contributed by atoms with Crippen molar-refractivity contribution >= 4 is 27.5 Å². The van der Waals surface area contributed by atoms with Gasteiger partial charge >= 0.3 is 0 Å². The van der Waals surface area contributed by atoms with Crippen LogP contribution in [0.3, 0.4) is 0 Å². The Bertz CT molecular complexity index is 762. The molecule has 6 nitrogen and oxygen atoms in total. The SMILES string of the molecule is C[C@H]1CCCN(S(=O)(=O)c2cc(C(=O)NC[C@H]3CCCO3)ccc2Cl)C1. The number of piperidine rings is 1. The third-order valence-electron chi connectivity index (χ3n) is 4.95. The smallest absolute Gasteiger partial charge is 0.251 e. The number of sulfonamides is 1. The Morgan fingerprint density at radius 1 is 1.35 bits per heavy atom. The third kappa shape index (κ3) is 4.39. The number of amides is 1. The van der Waals surface area contributed by atoms with Gasteiger partial charge < -0.3 is 10.1 Å². The van der Waals surface area contributed by atoms with Crippen LogP contribution in [-0.2, 0) is 14.8 Å². The molecule has 2 aliphatic heterocycles. The molecular weight excluding hydrogens is 376 g/mol. The highest BCUT2D eigenvalue weighted by Crippen LogP contribution is 2.29. The first-order valence-corrected chi connectivity index (χ1v) is 10.9. The molecule has 2 fully saturated rings. The zero-order valence-corrected chi connectivity index (χ0v) is 16.5. The van der Waals surface area contributed by atoms with Crippen LogP contribution in [0.25, 0.3) is 0 Å². The van der Waals surface area contributed by atoms with E-state index in [2.05, 4.69) is 5.32 Å². The van der Waals surface area contributed by atoms with Crippen molar-refractivity contribution in [3.05, 3.63) is 28.8 Å². The highest BCUT2D eigenvalue weighted by atomic mass is 35.5. The van der Waals surface area contributed by atoms with Crippen molar-refractivity contribution in [2.75, 3.05) is 26.2 Å². The molecule has 0 spiro atoms. The minimum Gasteiger partial charge on any atom is -0.376 e. The summed E-state index contributed by atoms with van der Waals surface area (Å²) in [5.41, 5.74) is 0.288. The van der Waals surface area contributed by atoms with Crippen LogP contribution in [0.2, 0.25) is 5.02 Å². The number of hydrogen-bond acceptors (Lipinski definition) is 4. The zero-order chi connectivity index (χ0) is 18.7. The summed E-state index contributed by atoms with van der Waals surface area (Å²) in [7, 11) is -3.72. The van der Waals surface area contributed by atoms with Gasteiger partial charge in [-0.1, -0.05) is 18.5 Å². The molecule has 0 aromatic heterocycles. The van der Waals surface area contributed by atoms with E-state index < -0.39 is 10.0 Å². The van der Waals surface area contributed by atoms with Gasteiger partial charge in [-0.15, -0.1) is 0 Å². The van der Waals surface area contributed by atoms with E-state index >= 15 is 0 Å². The molecule has 0 unspecified atom stereocenters. The maximum atomic E-state index is 13.0. The van der Waals surface area contributed by atoms with Gasteiger partial charge in [-0.3, -0.25) is 4.79 Å². The van der Waals surface area contributed by atoms with Crippen LogP contribution < -0.4 is 5.32 Å². The molecule has 8 heteroatoms. The Hall–Kier alpha value is -1.15. The first-order chi connectivity index (χ1) is 12.4. The predicted molar refractivity (Wildman–Crippen MR) is 99.9 cm³/mol. The van der Waals surface area contributed by atoms with Gasteiger partial charge in [0.2, 0.25) is 10.0 Å². The number of nitrogens with one attached hydrogen (secondary N) is 1. The van der Waals surface area contributed by atoms with E-state index in [-0.39, 0.29) is 27.5 Å². The van der Waals surface area contributed by atoms with E-state index in [9.17, 15) is 13.2 Å². The Morgan fingerprint density at radius 3 is 2.85 bits per heavy atom. The summed E-state index contributed by atoms with van der Waals surface area (Å²) in [4.78, 5) is 12.4. The predicted octanol–water partition coefficient (Wildman–Crippen LogP) is 2.67. The van der Waals surface area contributed by atoms with Gasteiger partial charge in [-0.05, 0) is 49.8 Å². The maximum absolute atomic E-state index is 13.0. The molecule has 0 radical (unpaired) electrons. The number of nitrogens with zero attached hydrogens (tertiary/aromatic N) is 1. The average Bonchev–Trinajstić information content (AvgIpc) is 3.13. The van der Waals surface area contributed by atoms with Crippen LogP contribution >= 0.6 is 11.6 Å². The van der Waals surface area contributed by atoms with Gasteiger partial charge in [0.05, 0.1) is 11.1 Å². The van der Waals surface area contributed by atoms with Gasteiger partial charge in [0, 0.05) is 31.8 Å². The van der Waals surface area contributed by atoms with Gasteiger partial charge in [-0.2, -0.15) is 4.31 Å². The van der Waals surface area contributed by atoms with E-state index in [0.717, 1.165) is 32.3 Å². The first kappa shape index (κ1) is 19.6. The summed E-state index contributed by atoms with van der Waals surface area (Å²) in [6, 6.07) is 4.40. The third-order valence-corrected chi connectivity index (χ3v) is 7.29. The molecule has 2 aliphatic rings. The van der Waals surface area contributed by atoms with E-state index in [1.807, 2.05) is 6.92 Å². The van der Waals surface area contributed by atoms with Gasteiger partial charge in [0.1, 0.15) is 4.90 Å². The molecular formula is C18H25ClN2O4S. The Labute approximate surface area is 159 Å². The molecule has 144 valence electrons. The van der Waals surface area contributed by atoms with Crippen LogP contribution in [-0.4, -0.2) is 51.0 Å². The van der Waals surface area contributed by atoms with Crippen molar-refractivity contribution in [2.45, 2.75) is 43.6 Å². The van der Waals surface area contributed by atoms with Crippen LogP contribution in [0.5, 0.6) is 0 Å². The molecule has 2 atom stereocenters. The number of carbonyl (C=O) groups is 1. The standard InChI is InChI=1S/C18H25ClN2O4S/c1-13-4-2-8-21(12-13)26(23,24)17-10-14(6-7-16(17)19)18(22)20-11-15-5-3-9-25-15/h6-7,10,13,15H,2-5,8-9,11-12H2,1H3,(H,20,22)/t13-,15+/m0/s1. The van der Waals surface area contributed by atoms with Crippen LogP contribution in [0.15, 0.2) is 23.1 Å². The van der Waals surface area contributed by atoms with Crippen LogP contribution in [0, 0.1) is 5.92 Å². The van der Waals surface area contributed by atoms with Crippen LogP contribution in [0.1, 0.15) is 43.0 Å². The Morgan fingerprint density at radius 2 is 2.15 bits per heavy atom. The number of ether oxygens (including phenoxy) is 1. The number of halogens is 1. The summed E-state index contributed by atoms with van der Waals surface area (Å²) in [6.07, 6.45) is 3.81. The summed E-state index contributed by atoms with van der Waals surface area (Å²) >= 11 is 6.16. The quantitative estimate of drug-likeness (QED) is 0.824. The summed E-state index contributed by atoms with van der Waals surface area (Å²) in [5.74, 6) is -0.00387. The fourth-order valence-electron chi connectivity index (χ4n) is 3.46. The van der Waals surface area contributed by atoms with Crippen molar-refractivity contribution in [3.63, 3.8) is 0 Å². The minimum absolute atomic E-state index is 0.00182. The molecule has 2 heterocycles. The molecule has 0 saturated carbocycles. The fourth-order valence-corrected chi connectivity index (χ4v) is 5.56. The van der Waals surface area contributed by atoms with Crippen molar-refractivity contribution in [2.24, 2.45) is 5.92 Å². The largest absolute Gasteiger partial charge is 0.376 e. The lowest BCUT2D eigenvalue weighted by molar-refractivity contribution is 0.0857. The molecule has 1 amide bonds. The monoisotopic (exact) mass is 400 g/mol. The number of benzene rings is 1. The molecule has 3 rings (SSSR count). The molecule has 0 aliphatic carbocycles. The van der Waals surface area contributed by atoms with Crippen molar-refractivity contribution in [1.82, 2.24) is 9.62 Å².